The fraction of sp³-hybridized carbons (Fsp3) is 0.333. The number of nitrogens with zero attached hydrogens (tertiary/aromatic N) is 4. The second-order valence-corrected chi connectivity index (χ2v) is 12.3. The Morgan fingerprint density at radius 3 is 2.38 bits per heavy atom. The van der Waals surface area contributed by atoms with Crippen LogP contribution in [0.5, 0.6) is 0 Å². The van der Waals surface area contributed by atoms with Crippen LogP contribution in [0.4, 0.5) is 11.4 Å². The SMILES string of the molecule is Cc1ccccc1N(c1cc(-c2ccn(S(=O)(=O)N(C)C)n2)sc1C(=O)OC(C)(C)C)S(=O)[O-]. The number of thiophene rings is 1. The summed E-state index contributed by atoms with van der Waals surface area (Å²) in [5, 5.41) is 4.13. The molecule has 0 aliphatic heterocycles. The van der Waals surface area contributed by atoms with E-state index in [4.69, 9.17) is 4.74 Å². The minimum Gasteiger partial charge on any atom is -0.755 e. The number of benzene rings is 1. The molecule has 0 saturated carbocycles. The summed E-state index contributed by atoms with van der Waals surface area (Å²) in [4.78, 5) is 13.5. The van der Waals surface area contributed by atoms with Gasteiger partial charge in [-0.2, -0.15) is 21.9 Å². The normalized spacial score (nSPS) is 13.2. The van der Waals surface area contributed by atoms with E-state index in [1.54, 1.807) is 52.0 Å². The molecule has 1 aromatic carbocycles. The van der Waals surface area contributed by atoms with Crippen LogP contribution in [0.3, 0.4) is 0 Å². The molecule has 0 N–H and O–H groups in total. The Bertz CT molecular complexity index is 1340. The van der Waals surface area contributed by atoms with Crippen molar-refractivity contribution >= 4 is 50.2 Å². The van der Waals surface area contributed by atoms with Crippen LogP contribution < -0.4 is 4.31 Å². The average Bonchev–Trinajstić information content (AvgIpc) is 3.36. The highest BCUT2D eigenvalue weighted by Crippen LogP contribution is 2.41. The summed E-state index contributed by atoms with van der Waals surface area (Å²) < 4.78 is 57.8. The fourth-order valence-corrected chi connectivity index (χ4v) is 5.40. The van der Waals surface area contributed by atoms with Crippen LogP contribution in [0.1, 0.15) is 36.0 Å². The molecular formula is C21H25N4O6S3-. The first-order valence-electron chi connectivity index (χ1n) is 10.0. The van der Waals surface area contributed by atoms with Crippen molar-refractivity contribution < 1.29 is 26.7 Å². The molecule has 0 bridgehead atoms. The number of aromatic nitrogens is 2. The maximum absolute atomic E-state index is 13.1. The number of carbonyl (C=O) groups excluding carboxylic acids is 1. The summed E-state index contributed by atoms with van der Waals surface area (Å²) in [5.41, 5.74) is 0.570. The van der Waals surface area contributed by atoms with E-state index in [0.717, 1.165) is 24.0 Å². The van der Waals surface area contributed by atoms with Crippen LogP contribution in [0.25, 0.3) is 10.6 Å². The van der Waals surface area contributed by atoms with E-state index in [0.29, 0.717) is 16.1 Å². The van der Waals surface area contributed by atoms with Crippen molar-refractivity contribution in [1.29, 1.82) is 0 Å². The molecule has 1 unspecified atom stereocenters. The first-order valence-corrected chi connectivity index (χ1v) is 13.3. The van der Waals surface area contributed by atoms with Crippen molar-refractivity contribution in [3.8, 4) is 10.6 Å². The van der Waals surface area contributed by atoms with E-state index in [2.05, 4.69) is 5.10 Å². The van der Waals surface area contributed by atoms with Gasteiger partial charge in [0.25, 0.3) is 0 Å². The van der Waals surface area contributed by atoms with Gasteiger partial charge in [0.1, 0.15) is 16.2 Å². The van der Waals surface area contributed by atoms with Crippen LogP contribution in [0.2, 0.25) is 0 Å². The molecule has 0 saturated heterocycles. The van der Waals surface area contributed by atoms with Gasteiger partial charge in [-0.1, -0.05) is 18.2 Å². The Kier molecular flexibility index (Phi) is 7.34. The predicted octanol–water partition coefficient (Wildman–Crippen LogP) is 3.46. The van der Waals surface area contributed by atoms with E-state index in [1.165, 1.54) is 32.4 Å². The quantitative estimate of drug-likeness (QED) is 0.342. The zero-order valence-electron chi connectivity index (χ0n) is 19.5. The van der Waals surface area contributed by atoms with Crippen molar-refractivity contribution in [3.05, 3.63) is 53.0 Å². The fourth-order valence-electron chi connectivity index (χ4n) is 2.95. The van der Waals surface area contributed by atoms with Crippen molar-refractivity contribution in [1.82, 2.24) is 13.5 Å². The highest BCUT2D eigenvalue weighted by Gasteiger charge is 2.29. The first kappa shape index (κ1) is 26.0. The lowest BCUT2D eigenvalue weighted by Crippen LogP contribution is -2.29. The van der Waals surface area contributed by atoms with Gasteiger partial charge in [0.15, 0.2) is 0 Å². The standard InChI is InChI=1S/C21H26N4O6S3/c1-14-9-7-8-10-16(14)25(33(27)28)17-13-18(32-19(17)20(26)31-21(2,3)4)15-11-12-24(22-15)34(29,30)23(5)6/h7-13H,1-6H3,(H,27,28)/p-1. The molecule has 0 spiro atoms. The Balaban J connectivity index is 2.20. The number of hydrogen-bond donors (Lipinski definition) is 0. The minimum absolute atomic E-state index is 0.0439. The summed E-state index contributed by atoms with van der Waals surface area (Å²) in [6.45, 7) is 6.87. The molecule has 34 heavy (non-hydrogen) atoms. The minimum atomic E-state index is -3.84. The maximum atomic E-state index is 13.1. The van der Waals surface area contributed by atoms with Crippen LogP contribution in [0, 0.1) is 6.92 Å². The van der Waals surface area contributed by atoms with Gasteiger partial charge in [-0.25, -0.2) is 4.79 Å². The number of ether oxygens (including phenoxy) is 1. The third-order valence-electron chi connectivity index (χ3n) is 4.52. The molecule has 13 heteroatoms. The third kappa shape index (κ3) is 5.39. The summed E-state index contributed by atoms with van der Waals surface area (Å²) in [6.07, 6.45) is 1.28. The molecule has 3 rings (SSSR count). The zero-order valence-corrected chi connectivity index (χ0v) is 22.0. The molecule has 2 heterocycles. The molecule has 0 aliphatic carbocycles. The largest absolute Gasteiger partial charge is 0.755 e. The summed E-state index contributed by atoms with van der Waals surface area (Å²) in [5.74, 6) is -0.705. The second kappa shape index (κ2) is 9.58. The molecule has 0 fully saturated rings. The van der Waals surface area contributed by atoms with Crippen LogP contribution in [0.15, 0.2) is 42.6 Å². The molecule has 10 nitrogen and oxygen atoms in total. The molecule has 3 aromatic rings. The van der Waals surface area contributed by atoms with Crippen molar-refractivity contribution in [2.75, 3.05) is 18.4 Å². The lowest BCUT2D eigenvalue weighted by molar-refractivity contribution is 0.00761. The highest BCUT2D eigenvalue weighted by atomic mass is 32.2. The van der Waals surface area contributed by atoms with Crippen molar-refractivity contribution in [2.24, 2.45) is 0 Å². The molecule has 1 atom stereocenters. The van der Waals surface area contributed by atoms with Crippen molar-refractivity contribution in [2.45, 2.75) is 33.3 Å². The Hall–Kier alpha value is -2.58. The molecule has 0 radical (unpaired) electrons. The second-order valence-electron chi connectivity index (χ2n) is 8.49. The Morgan fingerprint density at radius 1 is 1.18 bits per heavy atom. The number of anilines is 2. The van der Waals surface area contributed by atoms with Gasteiger partial charge >= 0.3 is 16.2 Å². The number of aryl methyl sites for hydroxylation is 1. The van der Waals surface area contributed by atoms with Gasteiger partial charge in [-0.15, -0.1) is 11.3 Å². The van der Waals surface area contributed by atoms with E-state index in [9.17, 15) is 22.0 Å². The topological polar surface area (TPSA) is 125 Å². The Labute approximate surface area is 205 Å². The number of rotatable bonds is 7. The highest BCUT2D eigenvalue weighted by molar-refractivity contribution is 7.87. The van der Waals surface area contributed by atoms with Gasteiger partial charge in [0.05, 0.1) is 27.5 Å². The molecule has 0 amide bonds. The van der Waals surface area contributed by atoms with E-state index >= 15 is 0 Å². The van der Waals surface area contributed by atoms with E-state index in [-0.39, 0.29) is 16.3 Å². The van der Waals surface area contributed by atoms with Gasteiger partial charge in [0, 0.05) is 20.3 Å². The van der Waals surface area contributed by atoms with Gasteiger partial charge in [-0.05, 0) is 51.5 Å². The number of esters is 1. The zero-order chi connectivity index (χ0) is 25.4. The monoisotopic (exact) mass is 525 g/mol. The van der Waals surface area contributed by atoms with Crippen LogP contribution >= 0.6 is 11.3 Å². The van der Waals surface area contributed by atoms with Crippen LogP contribution in [-0.2, 0) is 26.2 Å². The van der Waals surface area contributed by atoms with Crippen LogP contribution in [-0.4, -0.2) is 56.3 Å². The van der Waals surface area contributed by atoms with E-state index in [1.807, 2.05) is 0 Å². The predicted molar refractivity (Wildman–Crippen MR) is 131 cm³/mol. The summed E-state index contributed by atoms with van der Waals surface area (Å²) in [7, 11) is -1.08. The molecule has 184 valence electrons. The lowest BCUT2D eigenvalue weighted by Gasteiger charge is -2.28. The molecular weight excluding hydrogens is 500 g/mol. The van der Waals surface area contributed by atoms with Gasteiger partial charge in [0.2, 0.25) is 0 Å². The molecule has 0 aliphatic rings. The Morgan fingerprint density at radius 2 is 1.82 bits per heavy atom. The number of para-hydroxylation sites is 1. The van der Waals surface area contributed by atoms with Gasteiger partial charge in [-0.3, -0.25) is 8.51 Å². The maximum Gasteiger partial charge on any atom is 0.351 e. The first-order chi connectivity index (χ1) is 15.7. The third-order valence-corrected chi connectivity index (χ3v) is 7.93. The lowest BCUT2D eigenvalue weighted by atomic mass is 10.2. The smallest absolute Gasteiger partial charge is 0.351 e. The van der Waals surface area contributed by atoms with E-state index < -0.39 is 33.0 Å². The average molecular weight is 526 g/mol. The summed E-state index contributed by atoms with van der Waals surface area (Å²) in [6, 6.07) is 9.80. The van der Waals surface area contributed by atoms with Crippen molar-refractivity contribution in [3.63, 3.8) is 0 Å². The number of carbonyl (C=O) groups is 1. The van der Waals surface area contributed by atoms with Gasteiger partial charge < -0.3 is 9.29 Å². The number of hydrogen-bond acceptors (Lipinski definition) is 8. The molecule has 2 aromatic heterocycles. The summed E-state index contributed by atoms with van der Waals surface area (Å²) >= 11 is -1.80.